The maximum Gasteiger partial charge on any atom is 0.258 e. The van der Waals surface area contributed by atoms with E-state index < -0.39 is 0 Å². The summed E-state index contributed by atoms with van der Waals surface area (Å²) in [7, 11) is 0. The van der Waals surface area contributed by atoms with Gasteiger partial charge in [-0.2, -0.15) is 5.10 Å². The first-order valence-electron chi connectivity index (χ1n) is 5.27. The van der Waals surface area contributed by atoms with Gasteiger partial charge in [0, 0.05) is 20.8 Å². The van der Waals surface area contributed by atoms with Crippen LogP contribution in [0.2, 0.25) is 5.02 Å². The SMILES string of the molecule is Cc1[nH]nc(NC(=O)c2ccc(Cl)cc2Br)c1C. The third kappa shape index (κ3) is 2.57. The lowest BCUT2D eigenvalue weighted by atomic mass is 10.2. The zero-order valence-electron chi connectivity index (χ0n) is 9.84. The number of nitrogens with zero attached hydrogens (tertiary/aromatic N) is 1. The van der Waals surface area contributed by atoms with Crippen molar-refractivity contribution in [1.29, 1.82) is 0 Å². The molecule has 0 radical (unpaired) electrons. The van der Waals surface area contributed by atoms with Crippen LogP contribution in [-0.2, 0) is 0 Å². The number of amides is 1. The van der Waals surface area contributed by atoms with Crippen LogP contribution < -0.4 is 5.32 Å². The lowest BCUT2D eigenvalue weighted by molar-refractivity contribution is 0.102. The van der Waals surface area contributed by atoms with E-state index in [-0.39, 0.29) is 5.91 Å². The first-order chi connectivity index (χ1) is 8.49. The minimum absolute atomic E-state index is 0.229. The summed E-state index contributed by atoms with van der Waals surface area (Å²) in [6, 6.07) is 5.01. The van der Waals surface area contributed by atoms with Crippen molar-refractivity contribution in [2.45, 2.75) is 13.8 Å². The molecule has 0 aliphatic carbocycles. The van der Waals surface area contributed by atoms with E-state index in [0.717, 1.165) is 11.3 Å². The quantitative estimate of drug-likeness (QED) is 0.883. The average Bonchev–Trinajstić information content (AvgIpc) is 2.61. The van der Waals surface area contributed by atoms with E-state index in [9.17, 15) is 4.79 Å². The van der Waals surface area contributed by atoms with Gasteiger partial charge in [-0.1, -0.05) is 11.6 Å². The van der Waals surface area contributed by atoms with Crippen LogP contribution in [0.1, 0.15) is 21.6 Å². The van der Waals surface area contributed by atoms with Crippen LogP contribution in [0.15, 0.2) is 22.7 Å². The van der Waals surface area contributed by atoms with Crippen molar-refractivity contribution >= 4 is 39.3 Å². The molecular formula is C12H11BrClN3O. The van der Waals surface area contributed by atoms with Gasteiger partial charge in [-0.15, -0.1) is 0 Å². The van der Waals surface area contributed by atoms with Gasteiger partial charge in [-0.3, -0.25) is 9.89 Å². The molecule has 0 aliphatic rings. The predicted octanol–water partition coefficient (Wildman–Crippen LogP) is 3.69. The van der Waals surface area contributed by atoms with Crippen molar-refractivity contribution in [3.8, 4) is 0 Å². The number of nitrogens with one attached hydrogen (secondary N) is 2. The number of aromatic nitrogens is 2. The molecule has 0 unspecified atom stereocenters. The molecule has 0 fully saturated rings. The maximum atomic E-state index is 12.1. The fourth-order valence-corrected chi connectivity index (χ4v) is 2.32. The highest BCUT2D eigenvalue weighted by atomic mass is 79.9. The smallest absolute Gasteiger partial charge is 0.258 e. The van der Waals surface area contributed by atoms with Crippen molar-refractivity contribution in [3.05, 3.63) is 44.5 Å². The summed E-state index contributed by atoms with van der Waals surface area (Å²) < 4.78 is 0.650. The van der Waals surface area contributed by atoms with Crippen LogP contribution >= 0.6 is 27.5 Å². The molecule has 2 N–H and O–H groups in total. The molecule has 0 atom stereocenters. The Morgan fingerprint density at radius 1 is 1.44 bits per heavy atom. The molecule has 18 heavy (non-hydrogen) atoms. The Kier molecular flexibility index (Phi) is 3.73. The van der Waals surface area contributed by atoms with E-state index in [0.29, 0.717) is 20.9 Å². The van der Waals surface area contributed by atoms with Crippen LogP contribution in [0, 0.1) is 13.8 Å². The van der Waals surface area contributed by atoms with Gasteiger partial charge in [0.05, 0.1) is 5.56 Å². The number of aryl methyl sites for hydroxylation is 1. The van der Waals surface area contributed by atoms with E-state index in [1.54, 1.807) is 18.2 Å². The molecule has 1 amide bonds. The number of rotatable bonds is 2. The van der Waals surface area contributed by atoms with E-state index in [1.165, 1.54) is 0 Å². The molecular weight excluding hydrogens is 318 g/mol. The number of carbonyl (C=O) groups excluding carboxylic acids is 1. The molecule has 0 saturated carbocycles. The van der Waals surface area contributed by atoms with Crippen molar-refractivity contribution in [2.75, 3.05) is 5.32 Å². The molecule has 1 aromatic heterocycles. The standard InChI is InChI=1S/C12H11BrClN3O/c1-6-7(2)16-17-11(6)15-12(18)9-4-3-8(14)5-10(9)13/h3-5H,1-2H3,(H2,15,16,17,18). The Hall–Kier alpha value is -1.33. The fourth-order valence-electron chi connectivity index (χ4n) is 1.46. The van der Waals surface area contributed by atoms with E-state index in [4.69, 9.17) is 11.6 Å². The summed E-state index contributed by atoms with van der Waals surface area (Å²) in [5.41, 5.74) is 2.37. The van der Waals surface area contributed by atoms with E-state index in [1.807, 2.05) is 13.8 Å². The van der Waals surface area contributed by atoms with Gasteiger partial charge < -0.3 is 5.32 Å². The summed E-state index contributed by atoms with van der Waals surface area (Å²) in [6.45, 7) is 3.79. The number of anilines is 1. The van der Waals surface area contributed by atoms with Gasteiger partial charge >= 0.3 is 0 Å². The first kappa shape index (κ1) is 13.1. The molecule has 2 rings (SSSR count). The monoisotopic (exact) mass is 327 g/mol. The van der Waals surface area contributed by atoms with Crippen LogP contribution in [0.4, 0.5) is 5.82 Å². The third-order valence-corrected chi connectivity index (χ3v) is 3.55. The molecule has 0 saturated heterocycles. The second-order valence-corrected chi connectivity index (χ2v) is 5.19. The largest absolute Gasteiger partial charge is 0.305 e. The molecule has 94 valence electrons. The highest BCUT2D eigenvalue weighted by Crippen LogP contribution is 2.23. The Morgan fingerprint density at radius 2 is 2.17 bits per heavy atom. The number of hydrogen-bond donors (Lipinski definition) is 2. The zero-order chi connectivity index (χ0) is 13.3. The summed E-state index contributed by atoms with van der Waals surface area (Å²) in [5.74, 6) is 0.312. The number of aromatic amines is 1. The minimum atomic E-state index is -0.229. The molecule has 1 heterocycles. The Balaban J connectivity index is 2.25. The van der Waals surface area contributed by atoms with Crippen LogP contribution in [0.25, 0.3) is 0 Å². The Bertz CT molecular complexity index is 609. The highest BCUT2D eigenvalue weighted by Gasteiger charge is 2.13. The number of hydrogen-bond acceptors (Lipinski definition) is 2. The molecule has 0 aliphatic heterocycles. The number of carbonyl (C=O) groups is 1. The molecule has 0 spiro atoms. The van der Waals surface area contributed by atoms with Gasteiger partial charge in [-0.25, -0.2) is 0 Å². The van der Waals surface area contributed by atoms with Gasteiger partial charge in [0.1, 0.15) is 0 Å². The maximum absolute atomic E-state index is 12.1. The summed E-state index contributed by atoms with van der Waals surface area (Å²) in [5, 5.41) is 10.2. The molecule has 2 aromatic rings. The van der Waals surface area contributed by atoms with Crippen LogP contribution in [0.5, 0.6) is 0 Å². The first-order valence-corrected chi connectivity index (χ1v) is 6.44. The van der Waals surface area contributed by atoms with Crippen molar-refractivity contribution in [3.63, 3.8) is 0 Å². The van der Waals surface area contributed by atoms with Crippen molar-refractivity contribution < 1.29 is 4.79 Å². The molecule has 0 bridgehead atoms. The van der Waals surface area contributed by atoms with Crippen molar-refractivity contribution in [1.82, 2.24) is 10.2 Å². The summed E-state index contributed by atoms with van der Waals surface area (Å²) in [4.78, 5) is 12.1. The Morgan fingerprint density at radius 3 is 2.72 bits per heavy atom. The lowest BCUT2D eigenvalue weighted by Gasteiger charge is -2.05. The van der Waals surface area contributed by atoms with Gasteiger partial charge in [0.15, 0.2) is 5.82 Å². The van der Waals surface area contributed by atoms with Crippen LogP contribution in [-0.4, -0.2) is 16.1 Å². The topological polar surface area (TPSA) is 57.8 Å². The number of H-pyrrole nitrogens is 1. The number of benzene rings is 1. The molecule has 6 heteroatoms. The summed E-state index contributed by atoms with van der Waals surface area (Å²) >= 11 is 9.14. The second-order valence-electron chi connectivity index (χ2n) is 3.90. The number of halogens is 2. The minimum Gasteiger partial charge on any atom is -0.305 e. The van der Waals surface area contributed by atoms with Gasteiger partial charge in [0.25, 0.3) is 5.91 Å². The third-order valence-electron chi connectivity index (χ3n) is 2.66. The normalized spacial score (nSPS) is 10.4. The highest BCUT2D eigenvalue weighted by molar-refractivity contribution is 9.10. The zero-order valence-corrected chi connectivity index (χ0v) is 12.2. The lowest BCUT2D eigenvalue weighted by Crippen LogP contribution is -2.13. The van der Waals surface area contributed by atoms with Gasteiger partial charge in [0.2, 0.25) is 0 Å². The summed E-state index contributed by atoms with van der Waals surface area (Å²) in [6.07, 6.45) is 0. The van der Waals surface area contributed by atoms with Crippen molar-refractivity contribution in [2.24, 2.45) is 0 Å². The van der Waals surface area contributed by atoms with E-state index >= 15 is 0 Å². The Labute approximate surface area is 118 Å². The van der Waals surface area contributed by atoms with E-state index in [2.05, 4.69) is 31.4 Å². The predicted molar refractivity (Wildman–Crippen MR) is 75.2 cm³/mol. The average molecular weight is 329 g/mol. The molecule has 1 aromatic carbocycles. The fraction of sp³-hybridized carbons (Fsp3) is 0.167. The van der Waals surface area contributed by atoms with Crippen LogP contribution in [0.3, 0.4) is 0 Å². The second kappa shape index (κ2) is 5.12. The van der Waals surface area contributed by atoms with Gasteiger partial charge in [-0.05, 0) is 48.0 Å². The molecule has 4 nitrogen and oxygen atoms in total.